The van der Waals surface area contributed by atoms with Crippen LogP contribution in [0.1, 0.15) is 45.8 Å². The zero-order valence-corrected chi connectivity index (χ0v) is 15.5. The molecule has 2 rings (SSSR count). The Morgan fingerprint density at radius 1 is 1.27 bits per heavy atom. The lowest BCUT2D eigenvalue weighted by atomic mass is 9.93. The number of esters is 1. The van der Waals surface area contributed by atoms with E-state index in [0.717, 1.165) is 4.90 Å². The molecule has 142 valence electrons. The van der Waals surface area contributed by atoms with Gasteiger partial charge in [0.15, 0.2) is 0 Å². The van der Waals surface area contributed by atoms with Gasteiger partial charge in [0.1, 0.15) is 11.6 Å². The summed E-state index contributed by atoms with van der Waals surface area (Å²) in [6.45, 7) is 6.77. The van der Waals surface area contributed by atoms with Crippen LogP contribution in [0.15, 0.2) is 30.3 Å². The third kappa shape index (κ3) is 4.40. The smallest absolute Gasteiger partial charge is 0.417 e. The van der Waals surface area contributed by atoms with Crippen molar-refractivity contribution < 1.29 is 29.0 Å². The number of imide groups is 1. The topological polar surface area (TPSA) is 93.1 Å². The normalized spacial score (nSPS) is 21.4. The number of amides is 2. The Labute approximate surface area is 152 Å². The second kappa shape index (κ2) is 7.86. The summed E-state index contributed by atoms with van der Waals surface area (Å²) >= 11 is 0. The quantitative estimate of drug-likeness (QED) is 0.826. The van der Waals surface area contributed by atoms with Gasteiger partial charge in [0.05, 0.1) is 18.6 Å². The van der Waals surface area contributed by atoms with Crippen molar-refractivity contribution in [3.63, 3.8) is 0 Å². The summed E-state index contributed by atoms with van der Waals surface area (Å²) in [5, 5.41) is 10.6. The van der Waals surface area contributed by atoms with E-state index in [0.29, 0.717) is 5.56 Å². The second-order valence-electron chi connectivity index (χ2n) is 7.15. The van der Waals surface area contributed by atoms with E-state index in [1.807, 2.05) is 0 Å². The monoisotopic (exact) mass is 363 g/mol. The van der Waals surface area contributed by atoms with Gasteiger partial charge < -0.3 is 14.6 Å². The lowest BCUT2D eigenvalue weighted by Gasteiger charge is -2.26. The van der Waals surface area contributed by atoms with Gasteiger partial charge in [-0.2, -0.15) is 0 Å². The first-order chi connectivity index (χ1) is 12.2. The van der Waals surface area contributed by atoms with E-state index in [-0.39, 0.29) is 13.0 Å². The minimum atomic E-state index is -1.13. The molecule has 1 aromatic rings. The lowest BCUT2D eigenvalue weighted by molar-refractivity contribution is -0.151. The van der Waals surface area contributed by atoms with Crippen LogP contribution in [0, 0.1) is 5.92 Å². The molecule has 2 amide bonds. The van der Waals surface area contributed by atoms with Crippen LogP contribution in [0.4, 0.5) is 4.79 Å². The van der Waals surface area contributed by atoms with Crippen molar-refractivity contribution in [2.75, 3.05) is 6.61 Å². The van der Waals surface area contributed by atoms with E-state index in [4.69, 9.17) is 9.47 Å². The number of rotatable bonds is 4. The van der Waals surface area contributed by atoms with Gasteiger partial charge in [0, 0.05) is 0 Å². The van der Waals surface area contributed by atoms with Gasteiger partial charge in [-0.1, -0.05) is 30.3 Å². The van der Waals surface area contributed by atoms with Crippen molar-refractivity contribution in [1.82, 2.24) is 4.90 Å². The number of hydrogen-bond donors (Lipinski definition) is 1. The third-order valence-electron chi connectivity index (χ3n) is 4.01. The summed E-state index contributed by atoms with van der Waals surface area (Å²) in [7, 11) is 0. The highest BCUT2D eigenvalue weighted by molar-refractivity contribution is 6.01. The number of hydrogen-bond acceptors (Lipinski definition) is 6. The number of ether oxygens (including phenoxy) is 2. The molecule has 26 heavy (non-hydrogen) atoms. The number of likely N-dealkylation sites (tertiary alicyclic amines) is 1. The van der Waals surface area contributed by atoms with Gasteiger partial charge in [-0.05, 0) is 39.7 Å². The highest BCUT2D eigenvalue weighted by Crippen LogP contribution is 2.36. The van der Waals surface area contributed by atoms with Crippen molar-refractivity contribution in [3.05, 3.63) is 35.9 Å². The highest BCUT2D eigenvalue weighted by Gasteiger charge is 2.51. The van der Waals surface area contributed by atoms with Gasteiger partial charge in [0.2, 0.25) is 5.91 Å². The minimum absolute atomic E-state index is 0.0209. The van der Waals surface area contributed by atoms with Crippen LogP contribution in [0.2, 0.25) is 0 Å². The highest BCUT2D eigenvalue weighted by atomic mass is 16.6. The van der Waals surface area contributed by atoms with E-state index < -0.39 is 41.6 Å². The van der Waals surface area contributed by atoms with E-state index in [1.165, 1.54) is 0 Å². The number of benzene rings is 1. The molecule has 0 aromatic heterocycles. The molecule has 0 bridgehead atoms. The van der Waals surface area contributed by atoms with Crippen molar-refractivity contribution in [1.29, 1.82) is 0 Å². The van der Waals surface area contributed by atoms with Crippen molar-refractivity contribution >= 4 is 18.0 Å². The number of carbonyl (C=O) groups is 3. The predicted octanol–water partition coefficient (Wildman–Crippen LogP) is 2.44. The number of aliphatic hydroxyl groups is 1. The summed E-state index contributed by atoms with van der Waals surface area (Å²) < 4.78 is 10.3. The van der Waals surface area contributed by atoms with Crippen molar-refractivity contribution in [2.45, 2.75) is 51.9 Å². The number of aliphatic hydroxyl groups excluding tert-OH is 1. The molecule has 7 heteroatoms. The van der Waals surface area contributed by atoms with Crippen LogP contribution in [-0.2, 0) is 19.1 Å². The Morgan fingerprint density at radius 2 is 1.88 bits per heavy atom. The maximum absolute atomic E-state index is 12.8. The summed E-state index contributed by atoms with van der Waals surface area (Å²) in [6, 6.07) is 7.54. The molecule has 1 saturated heterocycles. The molecule has 1 unspecified atom stereocenters. The molecule has 1 aromatic carbocycles. The maximum Gasteiger partial charge on any atom is 0.417 e. The zero-order valence-electron chi connectivity index (χ0n) is 15.5. The molecular weight excluding hydrogens is 338 g/mol. The van der Waals surface area contributed by atoms with Gasteiger partial charge in [0.25, 0.3) is 0 Å². The second-order valence-corrected chi connectivity index (χ2v) is 7.15. The summed E-state index contributed by atoms with van der Waals surface area (Å²) in [4.78, 5) is 38.4. The minimum Gasteiger partial charge on any atom is -0.464 e. The summed E-state index contributed by atoms with van der Waals surface area (Å²) in [6.07, 6.45) is -2.07. The molecule has 1 aliphatic rings. The van der Waals surface area contributed by atoms with Crippen LogP contribution >= 0.6 is 0 Å². The molecule has 1 heterocycles. The van der Waals surface area contributed by atoms with Gasteiger partial charge in [-0.15, -0.1) is 0 Å². The SMILES string of the molecule is CCOC(=O)[C@@H]1C[C@H](C(O)c2ccccc2)C(=O)N1C(=O)OC(C)(C)C. The van der Waals surface area contributed by atoms with Crippen molar-refractivity contribution in [3.8, 4) is 0 Å². The Kier molecular flexibility index (Phi) is 6.02. The Morgan fingerprint density at radius 3 is 2.42 bits per heavy atom. The fourth-order valence-electron chi connectivity index (χ4n) is 2.89. The van der Waals surface area contributed by atoms with Crippen LogP contribution in [0.3, 0.4) is 0 Å². The van der Waals surface area contributed by atoms with Gasteiger partial charge >= 0.3 is 12.1 Å². The number of carbonyl (C=O) groups excluding carboxylic acids is 3. The Balaban J connectivity index is 2.30. The number of nitrogens with zero attached hydrogens (tertiary/aromatic N) is 1. The molecular formula is C19H25NO6. The summed E-state index contributed by atoms with van der Waals surface area (Å²) in [5.41, 5.74) is -0.285. The maximum atomic E-state index is 12.8. The van der Waals surface area contributed by atoms with E-state index in [1.54, 1.807) is 58.0 Å². The molecule has 1 fully saturated rings. The first-order valence-electron chi connectivity index (χ1n) is 8.61. The average molecular weight is 363 g/mol. The molecule has 0 aliphatic carbocycles. The third-order valence-corrected chi connectivity index (χ3v) is 4.01. The van der Waals surface area contributed by atoms with Crippen LogP contribution in [-0.4, -0.2) is 46.2 Å². The lowest BCUT2D eigenvalue weighted by Crippen LogP contribution is -2.46. The predicted molar refractivity (Wildman–Crippen MR) is 93.0 cm³/mol. The van der Waals surface area contributed by atoms with E-state index in [9.17, 15) is 19.5 Å². The molecule has 0 spiro atoms. The fraction of sp³-hybridized carbons (Fsp3) is 0.526. The van der Waals surface area contributed by atoms with Gasteiger partial charge in [-0.25, -0.2) is 14.5 Å². The average Bonchev–Trinajstić information content (AvgIpc) is 2.91. The van der Waals surface area contributed by atoms with Crippen LogP contribution < -0.4 is 0 Å². The Hall–Kier alpha value is -2.41. The molecule has 1 aliphatic heterocycles. The van der Waals surface area contributed by atoms with Crippen LogP contribution in [0.5, 0.6) is 0 Å². The molecule has 0 radical (unpaired) electrons. The molecule has 7 nitrogen and oxygen atoms in total. The standard InChI is InChI=1S/C19H25NO6/c1-5-25-17(23)14-11-13(15(21)12-9-7-6-8-10-12)16(22)20(14)18(24)26-19(2,3)4/h6-10,13-15,21H,5,11H2,1-4H3/t13-,14+,15?/m1/s1. The first-order valence-corrected chi connectivity index (χ1v) is 8.61. The Bertz CT molecular complexity index is 666. The summed E-state index contributed by atoms with van der Waals surface area (Å²) in [5.74, 6) is -2.26. The largest absolute Gasteiger partial charge is 0.464 e. The molecule has 0 saturated carbocycles. The fourth-order valence-corrected chi connectivity index (χ4v) is 2.89. The first kappa shape index (κ1) is 19.9. The molecule has 1 N–H and O–H groups in total. The van der Waals surface area contributed by atoms with Gasteiger partial charge in [-0.3, -0.25) is 4.79 Å². The van der Waals surface area contributed by atoms with E-state index in [2.05, 4.69) is 0 Å². The van der Waals surface area contributed by atoms with Crippen molar-refractivity contribution in [2.24, 2.45) is 5.92 Å². The zero-order chi connectivity index (χ0) is 19.5. The molecule has 3 atom stereocenters. The van der Waals surface area contributed by atoms with E-state index >= 15 is 0 Å². The van der Waals surface area contributed by atoms with Crippen LogP contribution in [0.25, 0.3) is 0 Å².